The van der Waals surface area contributed by atoms with Crippen molar-refractivity contribution in [2.75, 3.05) is 5.75 Å². The Morgan fingerprint density at radius 1 is 1.33 bits per heavy atom. The molecule has 10 heteroatoms. The molecule has 140 valence electrons. The zero-order valence-electron chi connectivity index (χ0n) is 14.2. The number of carbonyl (C=O) groups excluding carboxylic acids is 1. The zero-order valence-corrected chi connectivity index (χ0v) is 15.9. The average Bonchev–Trinajstić information content (AvgIpc) is 3.34. The van der Waals surface area contributed by atoms with Crippen molar-refractivity contribution in [3.63, 3.8) is 0 Å². The molecule has 0 unspecified atom stereocenters. The molecule has 0 amide bonds. The number of hydrogen-bond donors (Lipinski definition) is 0. The topological polar surface area (TPSA) is 108 Å². The molecule has 0 fully saturated rings. The first-order chi connectivity index (χ1) is 13.0. The molecule has 0 spiro atoms. The average molecular weight is 405 g/mol. The Balaban J connectivity index is 1.53. The van der Waals surface area contributed by atoms with E-state index >= 15 is 0 Å². The van der Waals surface area contributed by atoms with E-state index in [1.54, 1.807) is 18.3 Å². The van der Waals surface area contributed by atoms with Crippen molar-refractivity contribution in [2.45, 2.75) is 18.8 Å². The minimum absolute atomic E-state index is 0.0270. The molecule has 3 rings (SSSR count). The van der Waals surface area contributed by atoms with E-state index in [4.69, 9.17) is 9.15 Å². The number of benzene rings is 1. The van der Waals surface area contributed by atoms with Crippen molar-refractivity contribution in [3.05, 3.63) is 62.7 Å². The molecular weight excluding hydrogens is 390 g/mol. The van der Waals surface area contributed by atoms with Crippen molar-refractivity contribution in [3.8, 4) is 11.5 Å². The number of esters is 1. The number of hydrogen-bond acceptors (Lipinski definition) is 9. The normalized spacial score (nSPS) is 11.9. The molecule has 1 aromatic carbocycles. The van der Waals surface area contributed by atoms with Crippen LogP contribution in [0.2, 0.25) is 0 Å². The van der Waals surface area contributed by atoms with Crippen LogP contribution in [0.5, 0.6) is 0 Å². The van der Waals surface area contributed by atoms with Crippen LogP contribution < -0.4 is 0 Å². The second-order valence-electron chi connectivity index (χ2n) is 5.45. The SMILES string of the molecule is C[C@H](OC(=O)CSCc1cccs1)c1nnc(-c2ccc([N+](=O)[O-])cc2)o1. The standard InChI is InChI=1S/C17H15N3O5S2/c1-11(24-15(21)10-26-9-14-3-2-8-27-14)16-18-19-17(25-16)12-4-6-13(7-5-12)20(22)23/h2-8,11H,9-10H2,1H3/t11-/m0/s1. The first-order valence-corrected chi connectivity index (χ1v) is 9.94. The van der Waals surface area contributed by atoms with Gasteiger partial charge in [0.2, 0.25) is 5.89 Å². The quantitative estimate of drug-likeness (QED) is 0.311. The summed E-state index contributed by atoms with van der Waals surface area (Å²) in [4.78, 5) is 23.3. The van der Waals surface area contributed by atoms with Crippen LogP contribution in [0.1, 0.15) is 23.8 Å². The highest BCUT2D eigenvalue weighted by molar-refractivity contribution is 7.99. The second kappa shape index (κ2) is 8.78. The molecular formula is C17H15N3O5S2. The lowest BCUT2D eigenvalue weighted by Crippen LogP contribution is -2.11. The van der Waals surface area contributed by atoms with E-state index in [0.717, 1.165) is 5.75 Å². The number of nitro benzene ring substituents is 1. The van der Waals surface area contributed by atoms with Gasteiger partial charge in [-0.2, -0.15) is 0 Å². The summed E-state index contributed by atoms with van der Waals surface area (Å²) in [6.45, 7) is 1.65. The van der Waals surface area contributed by atoms with Crippen LogP contribution in [-0.2, 0) is 15.3 Å². The summed E-state index contributed by atoms with van der Waals surface area (Å²) in [5.74, 6) is 0.992. The fourth-order valence-corrected chi connectivity index (χ4v) is 3.80. The summed E-state index contributed by atoms with van der Waals surface area (Å²) in [5.41, 5.74) is 0.519. The lowest BCUT2D eigenvalue weighted by Gasteiger charge is -2.08. The highest BCUT2D eigenvalue weighted by Gasteiger charge is 2.19. The first kappa shape index (κ1) is 19.1. The van der Waals surface area contributed by atoms with Crippen LogP contribution in [-0.4, -0.2) is 26.8 Å². The molecule has 0 aliphatic carbocycles. The number of ether oxygens (including phenoxy) is 1. The third-order valence-electron chi connectivity index (χ3n) is 3.47. The smallest absolute Gasteiger partial charge is 0.316 e. The Hall–Kier alpha value is -2.72. The van der Waals surface area contributed by atoms with E-state index in [0.29, 0.717) is 5.56 Å². The molecule has 3 aromatic rings. The van der Waals surface area contributed by atoms with E-state index in [1.165, 1.54) is 40.9 Å². The van der Waals surface area contributed by atoms with Crippen molar-refractivity contribution >= 4 is 34.8 Å². The Morgan fingerprint density at radius 2 is 2.11 bits per heavy atom. The van der Waals surface area contributed by atoms with Crippen LogP contribution in [0.4, 0.5) is 5.69 Å². The summed E-state index contributed by atoms with van der Waals surface area (Å²) in [7, 11) is 0. The van der Waals surface area contributed by atoms with Crippen LogP contribution in [0, 0.1) is 10.1 Å². The van der Waals surface area contributed by atoms with Gasteiger partial charge in [0.1, 0.15) is 0 Å². The Kier molecular flexibility index (Phi) is 6.20. The van der Waals surface area contributed by atoms with Gasteiger partial charge in [-0.15, -0.1) is 33.3 Å². The van der Waals surface area contributed by atoms with E-state index in [-0.39, 0.29) is 29.2 Å². The van der Waals surface area contributed by atoms with Gasteiger partial charge in [-0.3, -0.25) is 14.9 Å². The highest BCUT2D eigenvalue weighted by Crippen LogP contribution is 2.25. The van der Waals surface area contributed by atoms with E-state index in [9.17, 15) is 14.9 Å². The molecule has 2 heterocycles. The van der Waals surface area contributed by atoms with Crippen LogP contribution in [0.15, 0.2) is 46.2 Å². The monoisotopic (exact) mass is 405 g/mol. The molecule has 0 saturated heterocycles. The summed E-state index contributed by atoms with van der Waals surface area (Å²) in [5, 5.41) is 20.5. The third-order valence-corrected chi connectivity index (χ3v) is 5.48. The molecule has 0 aliphatic rings. The van der Waals surface area contributed by atoms with Crippen molar-refractivity contribution < 1.29 is 18.9 Å². The van der Waals surface area contributed by atoms with E-state index in [1.807, 2.05) is 17.5 Å². The highest BCUT2D eigenvalue weighted by atomic mass is 32.2. The molecule has 27 heavy (non-hydrogen) atoms. The van der Waals surface area contributed by atoms with Crippen molar-refractivity contribution in [2.24, 2.45) is 0 Å². The van der Waals surface area contributed by atoms with Gasteiger partial charge >= 0.3 is 5.97 Å². The molecule has 0 N–H and O–H groups in total. The number of non-ortho nitro benzene ring substituents is 1. The van der Waals surface area contributed by atoms with E-state index < -0.39 is 11.0 Å². The fourth-order valence-electron chi connectivity index (χ4n) is 2.15. The summed E-state index contributed by atoms with van der Waals surface area (Å²) >= 11 is 3.12. The maximum atomic E-state index is 11.9. The first-order valence-electron chi connectivity index (χ1n) is 7.91. The molecule has 0 aliphatic heterocycles. The summed E-state index contributed by atoms with van der Waals surface area (Å²) in [6.07, 6.45) is -0.681. The van der Waals surface area contributed by atoms with Gasteiger partial charge in [0.05, 0.1) is 10.7 Å². The Morgan fingerprint density at radius 3 is 2.78 bits per heavy atom. The molecule has 0 bridgehead atoms. The molecule has 8 nitrogen and oxygen atoms in total. The fraction of sp³-hybridized carbons (Fsp3) is 0.235. The Bertz CT molecular complexity index is 909. The number of rotatable bonds is 8. The minimum atomic E-state index is -0.681. The minimum Gasteiger partial charge on any atom is -0.452 e. The van der Waals surface area contributed by atoms with Crippen LogP contribution in [0.3, 0.4) is 0 Å². The lowest BCUT2D eigenvalue weighted by molar-refractivity contribution is -0.384. The molecule has 0 radical (unpaired) electrons. The van der Waals surface area contributed by atoms with Crippen LogP contribution >= 0.6 is 23.1 Å². The largest absolute Gasteiger partial charge is 0.452 e. The van der Waals surface area contributed by atoms with Gasteiger partial charge in [-0.25, -0.2) is 0 Å². The van der Waals surface area contributed by atoms with Crippen LogP contribution in [0.25, 0.3) is 11.5 Å². The van der Waals surface area contributed by atoms with Gasteiger partial charge in [-0.05, 0) is 30.5 Å². The number of aromatic nitrogens is 2. The second-order valence-corrected chi connectivity index (χ2v) is 7.47. The predicted octanol–water partition coefficient (Wildman–Crippen LogP) is 4.24. The van der Waals surface area contributed by atoms with E-state index in [2.05, 4.69) is 10.2 Å². The maximum Gasteiger partial charge on any atom is 0.316 e. The Labute approximate surface area is 162 Å². The van der Waals surface area contributed by atoms with Gasteiger partial charge in [0.15, 0.2) is 6.10 Å². The van der Waals surface area contributed by atoms with Gasteiger partial charge in [0.25, 0.3) is 11.6 Å². The van der Waals surface area contributed by atoms with Gasteiger partial charge < -0.3 is 9.15 Å². The number of nitrogens with zero attached hydrogens (tertiary/aromatic N) is 3. The number of thiophene rings is 1. The van der Waals surface area contributed by atoms with Crippen molar-refractivity contribution in [1.29, 1.82) is 0 Å². The number of nitro groups is 1. The molecule has 2 aromatic heterocycles. The van der Waals surface area contributed by atoms with Gasteiger partial charge in [-0.1, -0.05) is 6.07 Å². The lowest BCUT2D eigenvalue weighted by atomic mass is 10.2. The predicted molar refractivity (Wildman–Crippen MR) is 101 cm³/mol. The number of thioether (sulfide) groups is 1. The number of carbonyl (C=O) groups is 1. The summed E-state index contributed by atoms with van der Waals surface area (Å²) < 4.78 is 10.8. The molecule has 0 saturated carbocycles. The third kappa shape index (κ3) is 5.14. The van der Waals surface area contributed by atoms with Crippen molar-refractivity contribution in [1.82, 2.24) is 10.2 Å². The maximum absolute atomic E-state index is 11.9. The molecule has 1 atom stereocenters. The zero-order chi connectivity index (χ0) is 19.2. The summed E-state index contributed by atoms with van der Waals surface area (Å²) in [6, 6.07) is 9.74. The van der Waals surface area contributed by atoms with Gasteiger partial charge in [0, 0.05) is 28.3 Å².